The molecule has 1 aliphatic heterocycles. The van der Waals surface area contributed by atoms with Crippen molar-refractivity contribution < 1.29 is 19.0 Å². The molecule has 1 heterocycles. The number of halogens is 2. The molecule has 2 aromatic rings. The second-order valence-electron chi connectivity index (χ2n) is 5.31. The first kappa shape index (κ1) is 18.7. The summed E-state index contributed by atoms with van der Waals surface area (Å²) >= 11 is 8.47. The molecule has 5 nitrogen and oxygen atoms in total. The minimum atomic E-state index is -0.512. The van der Waals surface area contributed by atoms with Crippen LogP contribution in [0.3, 0.4) is 0 Å². The van der Waals surface area contributed by atoms with Crippen LogP contribution in [0.1, 0.15) is 18.1 Å². The van der Waals surface area contributed by atoms with Crippen LogP contribution in [0.5, 0.6) is 11.5 Å². The Morgan fingerprint density at radius 2 is 2.00 bits per heavy atom. The molecular formula is C19H15ClINO4. The monoisotopic (exact) mass is 483 g/mol. The summed E-state index contributed by atoms with van der Waals surface area (Å²) in [7, 11) is 1.53. The molecule has 26 heavy (non-hydrogen) atoms. The van der Waals surface area contributed by atoms with Gasteiger partial charge in [-0.3, -0.25) is 0 Å². The highest BCUT2D eigenvalue weighted by atomic mass is 127. The highest BCUT2D eigenvalue weighted by molar-refractivity contribution is 14.1. The van der Waals surface area contributed by atoms with Crippen molar-refractivity contribution in [3.8, 4) is 11.5 Å². The fourth-order valence-corrected chi connectivity index (χ4v) is 3.02. The largest absolute Gasteiger partial charge is 0.493 e. The maximum atomic E-state index is 12.1. The van der Waals surface area contributed by atoms with Gasteiger partial charge in [0.2, 0.25) is 5.90 Å². The fourth-order valence-electron chi connectivity index (χ4n) is 2.39. The van der Waals surface area contributed by atoms with Gasteiger partial charge >= 0.3 is 5.97 Å². The molecule has 0 fully saturated rings. The number of methoxy groups -OCH3 is 1. The first-order valence-electron chi connectivity index (χ1n) is 7.80. The van der Waals surface area contributed by atoms with Crippen LogP contribution in [-0.2, 0) is 9.53 Å². The smallest absolute Gasteiger partial charge is 0.363 e. The van der Waals surface area contributed by atoms with Crippen LogP contribution in [0, 0.1) is 3.57 Å². The normalized spacial score (nSPS) is 15.0. The van der Waals surface area contributed by atoms with E-state index in [1.54, 1.807) is 18.2 Å². The van der Waals surface area contributed by atoms with Crippen LogP contribution in [0.25, 0.3) is 6.08 Å². The lowest BCUT2D eigenvalue weighted by molar-refractivity contribution is -0.129. The van der Waals surface area contributed by atoms with E-state index < -0.39 is 5.97 Å². The average molecular weight is 484 g/mol. The number of rotatable bonds is 5. The predicted molar refractivity (Wildman–Crippen MR) is 109 cm³/mol. The lowest BCUT2D eigenvalue weighted by atomic mass is 10.1. The van der Waals surface area contributed by atoms with Gasteiger partial charge < -0.3 is 14.2 Å². The van der Waals surface area contributed by atoms with Crippen molar-refractivity contribution in [1.82, 2.24) is 0 Å². The lowest BCUT2D eigenvalue weighted by Crippen LogP contribution is -2.05. The molecule has 0 saturated heterocycles. The van der Waals surface area contributed by atoms with Crippen LogP contribution in [0.15, 0.2) is 47.1 Å². The van der Waals surface area contributed by atoms with E-state index in [2.05, 4.69) is 27.6 Å². The average Bonchev–Trinajstić information content (AvgIpc) is 2.98. The summed E-state index contributed by atoms with van der Waals surface area (Å²) in [5.41, 5.74) is 1.60. The fraction of sp³-hybridized carbons (Fsp3) is 0.158. The number of nitrogens with zero attached hydrogens (tertiary/aromatic N) is 1. The molecule has 0 radical (unpaired) electrons. The summed E-state index contributed by atoms with van der Waals surface area (Å²) < 4.78 is 17.2. The van der Waals surface area contributed by atoms with Crippen LogP contribution >= 0.6 is 34.2 Å². The van der Waals surface area contributed by atoms with Crippen molar-refractivity contribution in [3.63, 3.8) is 0 Å². The van der Waals surface area contributed by atoms with E-state index in [-0.39, 0.29) is 11.6 Å². The van der Waals surface area contributed by atoms with Gasteiger partial charge in [-0.25, -0.2) is 9.79 Å². The van der Waals surface area contributed by atoms with Gasteiger partial charge in [0, 0.05) is 9.13 Å². The Kier molecular flexibility index (Phi) is 5.83. The van der Waals surface area contributed by atoms with Crippen LogP contribution in [0.2, 0.25) is 5.02 Å². The molecule has 0 saturated carbocycles. The maximum Gasteiger partial charge on any atom is 0.363 e. The standard InChI is InChI=1S/C19H15ClINO4/c1-3-25-17-14(20)8-11(10-16(17)24-2)9-15-19(23)26-18(22-15)12-4-6-13(21)7-5-12/h4-10H,3H2,1-2H3. The third-order valence-electron chi connectivity index (χ3n) is 3.56. The van der Waals surface area contributed by atoms with Gasteiger partial charge in [-0.15, -0.1) is 0 Å². The minimum absolute atomic E-state index is 0.195. The molecule has 0 spiro atoms. The van der Waals surface area contributed by atoms with Crippen molar-refractivity contribution in [1.29, 1.82) is 0 Å². The molecule has 134 valence electrons. The highest BCUT2D eigenvalue weighted by Crippen LogP contribution is 2.37. The van der Waals surface area contributed by atoms with E-state index in [1.807, 2.05) is 31.2 Å². The predicted octanol–water partition coefficient (Wildman–Crippen LogP) is 4.70. The Bertz CT molecular complexity index is 907. The number of cyclic esters (lactones) is 1. The molecule has 0 N–H and O–H groups in total. The quantitative estimate of drug-likeness (QED) is 0.352. The molecule has 2 aromatic carbocycles. The molecule has 1 aliphatic rings. The number of ether oxygens (including phenoxy) is 3. The van der Waals surface area contributed by atoms with Gasteiger partial charge in [0.1, 0.15) is 0 Å². The Morgan fingerprint density at radius 3 is 2.65 bits per heavy atom. The van der Waals surface area contributed by atoms with Gasteiger partial charge in [0.15, 0.2) is 17.2 Å². The van der Waals surface area contributed by atoms with E-state index in [1.165, 1.54) is 7.11 Å². The number of carbonyl (C=O) groups is 1. The number of esters is 1. The number of hydrogen-bond donors (Lipinski definition) is 0. The van der Waals surface area contributed by atoms with E-state index in [0.717, 1.165) is 9.13 Å². The van der Waals surface area contributed by atoms with Gasteiger partial charge in [-0.2, -0.15) is 0 Å². The molecule has 0 atom stereocenters. The number of carbonyl (C=O) groups excluding carboxylic acids is 1. The Labute approximate surface area is 169 Å². The molecule has 0 bridgehead atoms. The van der Waals surface area contributed by atoms with Gasteiger partial charge in [0.05, 0.1) is 18.7 Å². The number of hydrogen-bond acceptors (Lipinski definition) is 5. The Morgan fingerprint density at radius 1 is 1.27 bits per heavy atom. The number of aliphatic imine (C=N–C) groups is 1. The first-order chi connectivity index (χ1) is 12.5. The van der Waals surface area contributed by atoms with E-state index >= 15 is 0 Å². The summed E-state index contributed by atoms with van der Waals surface area (Å²) in [6.45, 7) is 2.33. The van der Waals surface area contributed by atoms with Crippen molar-refractivity contribution >= 4 is 52.1 Å². The Hall–Kier alpha value is -2.06. The zero-order chi connectivity index (χ0) is 18.7. The van der Waals surface area contributed by atoms with Crippen LogP contribution < -0.4 is 9.47 Å². The van der Waals surface area contributed by atoms with Crippen LogP contribution in [0.4, 0.5) is 0 Å². The van der Waals surface area contributed by atoms with Crippen molar-refractivity contribution in [2.75, 3.05) is 13.7 Å². The van der Waals surface area contributed by atoms with E-state index in [4.69, 9.17) is 25.8 Å². The molecule has 3 rings (SSSR count). The van der Waals surface area contributed by atoms with Crippen molar-refractivity contribution in [2.24, 2.45) is 4.99 Å². The van der Waals surface area contributed by atoms with Gasteiger partial charge in [0.25, 0.3) is 0 Å². The third-order valence-corrected chi connectivity index (χ3v) is 4.56. The van der Waals surface area contributed by atoms with E-state index in [0.29, 0.717) is 28.7 Å². The second kappa shape index (κ2) is 8.09. The SMILES string of the molecule is CCOc1c(Cl)cc(C=C2N=C(c3ccc(I)cc3)OC2=O)cc1OC. The van der Waals surface area contributed by atoms with Crippen molar-refractivity contribution in [3.05, 3.63) is 61.8 Å². The Balaban J connectivity index is 1.95. The highest BCUT2D eigenvalue weighted by Gasteiger charge is 2.24. The molecule has 0 aliphatic carbocycles. The molecular weight excluding hydrogens is 469 g/mol. The zero-order valence-corrected chi connectivity index (χ0v) is 17.0. The zero-order valence-electron chi connectivity index (χ0n) is 14.1. The van der Waals surface area contributed by atoms with Gasteiger partial charge in [-0.05, 0) is 77.6 Å². The first-order valence-corrected chi connectivity index (χ1v) is 9.26. The van der Waals surface area contributed by atoms with Gasteiger partial charge in [-0.1, -0.05) is 11.6 Å². The number of benzene rings is 2. The summed E-state index contributed by atoms with van der Waals surface area (Å²) in [4.78, 5) is 16.4. The third kappa shape index (κ3) is 4.02. The van der Waals surface area contributed by atoms with Crippen molar-refractivity contribution in [2.45, 2.75) is 6.92 Å². The molecule has 0 aromatic heterocycles. The summed E-state index contributed by atoms with van der Waals surface area (Å²) in [5, 5.41) is 0.395. The molecule has 0 amide bonds. The summed E-state index contributed by atoms with van der Waals surface area (Å²) in [5.74, 6) is 0.722. The summed E-state index contributed by atoms with van der Waals surface area (Å²) in [6, 6.07) is 11.0. The van der Waals surface area contributed by atoms with E-state index in [9.17, 15) is 4.79 Å². The second-order valence-corrected chi connectivity index (χ2v) is 6.96. The minimum Gasteiger partial charge on any atom is -0.493 e. The molecule has 0 unspecified atom stereocenters. The maximum absolute atomic E-state index is 12.1. The topological polar surface area (TPSA) is 57.1 Å². The lowest BCUT2D eigenvalue weighted by Gasteiger charge is -2.11. The molecule has 7 heteroatoms. The summed E-state index contributed by atoms with van der Waals surface area (Å²) in [6.07, 6.45) is 1.60. The van der Waals surface area contributed by atoms with Crippen LogP contribution in [-0.4, -0.2) is 25.6 Å².